The van der Waals surface area contributed by atoms with E-state index in [1.807, 2.05) is 24.3 Å². The number of nitrogens with zero attached hydrogens (tertiary/aromatic N) is 1. The van der Waals surface area contributed by atoms with Gasteiger partial charge in [0.15, 0.2) is 0 Å². The van der Waals surface area contributed by atoms with Gasteiger partial charge in [-0.25, -0.2) is 0 Å². The highest BCUT2D eigenvalue weighted by molar-refractivity contribution is 5.29. The largest absolute Gasteiger partial charge is 0.497 e. The monoisotopic (exact) mass is 250 g/mol. The molecule has 0 aromatic heterocycles. The summed E-state index contributed by atoms with van der Waals surface area (Å²) in [5.74, 6) is 1.05. The lowest BCUT2D eigenvalue weighted by atomic mass is 9.99. The van der Waals surface area contributed by atoms with Gasteiger partial charge < -0.3 is 20.1 Å². The van der Waals surface area contributed by atoms with Crippen LogP contribution in [0.15, 0.2) is 24.3 Å². The maximum absolute atomic E-state index is 9.56. The molecule has 1 saturated heterocycles. The lowest BCUT2D eigenvalue weighted by Gasteiger charge is -2.30. The van der Waals surface area contributed by atoms with E-state index >= 15 is 0 Å². The Morgan fingerprint density at radius 3 is 2.50 bits per heavy atom. The molecule has 4 nitrogen and oxygen atoms in total. The number of methoxy groups -OCH3 is 1. The number of benzene rings is 1. The molecule has 0 bridgehead atoms. The first-order chi connectivity index (χ1) is 8.83. The molecule has 0 aliphatic carbocycles. The molecule has 18 heavy (non-hydrogen) atoms. The fourth-order valence-electron chi connectivity index (χ4n) is 2.35. The van der Waals surface area contributed by atoms with Crippen LogP contribution in [-0.4, -0.2) is 56.4 Å². The van der Waals surface area contributed by atoms with Gasteiger partial charge in [0.1, 0.15) is 5.75 Å². The summed E-state index contributed by atoms with van der Waals surface area (Å²) in [6.07, 6.45) is 0. The zero-order chi connectivity index (χ0) is 12.8. The van der Waals surface area contributed by atoms with E-state index in [4.69, 9.17) is 4.74 Å². The Labute approximate surface area is 109 Å². The fourth-order valence-corrected chi connectivity index (χ4v) is 2.35. The second-order valence-electron chi connectivity index (χ2n) is 4.70. The standard InChI is InChI=1S/C14H22N2O2/c1-18-14-4-2-12(3-5-14)13(11-17)10-16-8-6-15-7-9-16/h2-5,13,15,17H,6-11H2,1H3. The number of ether oxygens (including phenoxy) is 1. The Morgan fingerprint density at radius 1 is 1.28 bits per heavy atom. The van der Waals surface area contributed by atoms with Gasteiger partial charge in [-0.2, -0.15) is 0 Å². The van der Waals surface area contributed by atoms with Crippen LogP contribution in [0, 0.1) is 0 Å². The minimum Gasteiger partial charge on any atom is -0.497 e. The molecule has 0 saturated carbocycles. The van der Waals surface area contributed by atoms with Gasteiger partial charge in [0, 0.05) is 38.6 Å². The predicted octanol–water partition coefficient (Wildman–Crippen LogP) is 0.676. The van der Waals surface area contributed by atoms with E-state index in [1.165, 1.54) is 5.56 Å². The Morgan fingerprint density at radius 2 is 1.94 bits per heavy atom. The molecule has 1 aliphatic rings. The minimum absolute atomic E-state index is 0.189. The summed E-state index contributed by atoms with van der Waals surface area (Å²) >= 11 is 0. The average Bonchev–Trinajstić information content (AvgIpc) is 2.46. The van der Waals surface area contributed by atoms with Crippen molar-refractivity contribution in [1.82, 2.24) is 10.2 Å². The van der Waals surface area contributed by atoms with Crippen molar-refractivity contribution in [2.24, 2.45) is 0 Å². The zero-order valence-electron chi connectivity index (χ0n) is 10.9. The molecule has 4 heteroatoms. The lowest BCUT2D eigenvalue weighted by molar-refractivity contribution is 0.185. The van der Waals surface area contributed by atoms with Crippen LogP contribution in [0.5, 0.6) is 5.75 Å². The number of hydrogen-bond acceptors (Lipinski definition) is 4. The fraction of sp³-hybridized carbons (Fsp3) is 0.571. The summed E-state index contributed by atoms with van der Waals surface area (Å²) in [6, 6.07) is 8.00. The van der Waals surface area contributed by atoms with Gasteiger partial charge in [-0.1, -0.05) is 12.1 Å². The molecule has 1 aromatic carbocycles. The third kappa shape index (κ3) is 3.45. The molecule has 1 fully saturated rings. The highest BCUT2D eigenvalue weighted by Gasteiger charge is 2.17. The quantitative estimate of drug-likeness (QED) is 0.806. The van der Waals surface area contributed by atoms with Crippen molar-refractivity contribution in [2.45, 2.75) is 5.92 Å². The number of rotatable bonds is 5. The van der Waals surface area contributed by atoms with Gasteiger partial charge in [0.2, 0.25) is 0 Å². The molecule has 1 aliphatic heterocycles. The van der Waals surface area contributed by atoms with Crippen LogP contribution in [0.2, 0.25) is 0 Å². The molecule has 2 N–H and O–H groups in total. The van der Waals surface area contributed by atoms with Crippen LogP contribution >= 0.6 is 0 Å². The third-order valence-electron chi connectivity index (χ3n) is 3.50. The van der Waals surface area contributed by atoms with Crippen LogP contribution in [0.3, 0.4) is 0 Å². The highest BCUT2D eigenvalue weighted by Crippen LogP contribution is 2.20. The Balaban J connectivity index is 1.97. The summed E-state index contributed by atoms with van der Waals surface area (Å²) in [7, 11) is 1.67. The third-order valence-corrected chi connectivity index (χ3v) is 3.50. The smallest absolute Gasteiger partial charge is 0.118 e. The average molecular weight is 250 g/mol. The summed E-state index contributed by atoms with van der Waals surface area (Å²) < 4.78 is 5.15. The zero-order valence-corrected chi connectivity index (χ0v) is 10.9. The van der Waals surface area contributed by atoms with Crippen molar-refractivity contribution in [2.75, 3.05) is 46.4 Å². The van der Waals surface area contributed by atoms with E-state index in [-0.39, 0.29) is 12.5 Å². The Bertz CT molecular complexity index is 347. The number of piperazine rings is 1. The predicted molar refractivity (Wildman–Crippen MR) is 72.1 cm³/mol. The topological polar surface area (TPSA) is 44.7 Å². The van der Waals surface area contributed by atoms with Crippen LogP contribution in [0.4, 0.5) is 0 Å². The van der Waals surface area contributed by atoms with Crippen molar-refractivity contribution >= 4 is 0 Å². The molecule has 0 spiro atoms. The van der Waals surface area contributed by atoms with Crippen molar-refractivity contribution in [3.05, 3.63) is 29.8 Å². The maximum atomic E-state index is 9.56. The first kappa shape index (κ1) is 13.3. The molecular weight excluding hydrogens is 228 g/mol. The molecule has 1 heterocycles. The summed E-state index contributed by atoms with van der Waals surface area (Å²) in [5, 5.41) is 12.9. The van der Waals surface area contributed by atoms with Gasteiger partial charge in [0.25, 0.3) is 0 Å². The summed E-state index contributed by atoms with van der Waals surface area (Å²) in [4.78, 5) is 2.40. The molecule has 1 unspecified atom stereocenters. The number of nitrogens with one attached hydrogen (secondary N) is 1. The molecule has 2 rings (SSSR count). The van der Waals surface area contributed by atoms with Gasteiger partial charge in [-0.05, 0) is 17.7 Å². The van der Waals surface area contributed by atoms with E-state index in [9.17, 15) is 5.11 Å². The van der Waals surface area contributed by atoms with Crippen LogP contribution in [-0.2, 0) is 0 Å². The number of hydrogen-bond donors (Lipinski definition) is 2. The van der Waals surface area contributed by atoms with E-state index < -0.39 is 0 Å². The summed E-state index contributed by atoms with van der Waals surface area (Å²) in [5.41, 5.74) is 1.18. The van der Waals surface area contributed by atoms with E-state index in [0.29, 0.717) is 0 Å². The van der Waals surface area contributed by atoms with E-state index in [0.717, 1.165) is 38.5 Å². The number of aliphatic hydroxyl groups excluding tert-OH is 1. The molecule has 100 valence electrons. The van der Waals surface area contributed by atoms with Crippen LogP contribution in [0.1, 0.15) is 11.5 Å². The summed E-state index contributed by atoms with van der Waals surface area (Å²) in [6.45, 7) is 5.32. The van der Waals surface area contributed by atoms with Crippen molar-refractivity contribution in [3.63, 3.8) is 0 Å². The Kier molecular flexibility index (Phi) is 4.99. The maximum Gasteiger partial charge on any atom is 0.118 e. The SMILES string of the molecule is COc1ccc(C(CO)CN2CCNCC2)cc1. The second-order valence-corrected chi connectivity index (χ2v) is 4.70. The van der Waals surface area contributed by atoms with Crippen molar-refractivity contribution in [3.8, 4) is 5.75 Å². The lowest BCUT2D eigenvalue weighted by Crippen LogP contribution is -2.45. The molecule has 0 radical (unpaired) electrons. The Hall–Kier alpha value is -1.10. The van der Waals surface area contributed by atoms with Gasteiger partial charge in [0.05, 0.1) is 13.7 Å². The highest BCUT2D eigenvalue weighted by atomic mass is 16.5. The van der Waals surface area contributed by atoms with Gasteiger partial charge in [-0.3, -0.25) is 0 Å². The van der Waals surface area contributed by atoms with Crippen molar-refractivity contribution in [1.29, 1.82) is 0 Å². The molecular formula is C14H22N2O2. The first-order valence-electron chi connectivity index (χ1n) is 6.51. The van der Waals surface area contributed by atoms with E-state index in [2.05, 4.69) is 10.2 Å². The minimum atomic E-state index is 0.189. The van der Waals surface area contributed by atoms with Crippen molar-refractivity contribution < 1.29 is 9.84 Å². The second kappa shape index (κ2) is 6.73. The number of aliphatic hydroxyl groups is 1. The molecule has 1 atom stereocenters. The van der Waals surface area contributed by atoms with E-state index in [1.54, 1.807) is 7.11 Å². The molecule has 1 aromatic rings. The normalized spacial score (nSPS) is 18.6. The van der Waals surface area contributed by atoms with Gasteiger partial charge >= 0.3 is 0 Å². The van der Waals surface area contributed by atoms with Crippen LogP contribution < -0.4 is 10.1 Å². The molecule has 0 amide bonds. The van der Waals surface area contributed by atoms with Crippen LogP contribution in [0.25, 0.3) is 0 Å². The first-order valence-corrected chi connectivity index (χ1v) is 6.51. The van der Waals surface area contributed by atoms with Gasteiger partial charge in [-0.15, -0.1) is 0 Å².